The fraction of sp³-hybridized carbons (Fsp3) is 0. The highest BCUT2D eigenvalue weighted by Crippen LogP contribution is 2.40. The van der Waals surface area contributed by atoms with E-state index in [1.807, 2.05) is 48.5 Å². The molecule has 3 aromatic carbocycles. The topological polar surface area (TPSA) is 53.4 Å². The third-order valence-electron chi connectivity index (χ3n) is 3.84. The molecule has 1 aromatic heterocycles. The molecule has 22 heavy (non-hydrogen) atoms. The molecule has 3 heteroatoms. The zero-order valence-corrected chi connectivity index (χ0v) is 11.7. The third kappa shape index (κ3) is 1.87. The Morgan fingerprint density at radius 1 is 0.682 bits per heavy atom. The van der Waals surface area contributed by atoms with Gasteiger partial charge in [0.1, 0.15) is 11.5 Å². The van der Waals surface area contributed by atoms with Gasteiger partial charge in [-0.05, 0) is 24.3 Å². The van der Waals surface area contributed by atoms with Gasteiger partial charge in [0.25, 0.3) is 0 Å². The highest BCUT2D eigenvalue weighted by atomic mass is 16.3. The van der Waals surface area contributed by atoms with Gasteiger partial charge in [-0.25, -0.2) is 4.98 Å². The van der Waals surface area contributed by atoms with E-state index >= 15 is 0 Å². The van der Waals surface area contributed by atoms with Crippen LogP contribution in [0.5, 0.6) is 11.5 Å². The van der Waals surface area contributed by atoms with Crippen molar-refractivity contribution < 1.29 is 10.2 Å². The smallest absolute Gasteiger partial charge is 0.127 e. The summed E-state index contributed by atoms with van der Waals surface area (Å²) in [4.78, 5) is 4.68. The van der Waals surface area contributed by atoms with Crippen molar-refractivity contribution in [3.05, 3.63) is 66.7 Å². The minimum Gasteiger partial charge on any atom is -0.508 e. The SMILES string of the molecule is Oc1ccc(-c2c3ccccc3nc3ccccc23)c(O)c1. The summed E-state index contributed by atoms with van der Waals surface area (Å²) in [5.41, 5.74) is 3.37. The number of rotatable bonds is 1. The van der Waals surface area contributed by atoms with Gasteiger partial charge < -0.3 is 10.2 Å². The van der Waals surface area contributed by atoms with Crippen molar-refractivity contribution in [3.63, 3.8) is 0 Å². The van der Waals surface area contributed by atoms with Gasteiger partial charge in [-0.3, -0.25) is 0 Å². The van der Waals surface area contributed by atoms with E-state index < -0.39 is 0 Å². The van der Waals surface area contributed by atoms with Crippen molar-refractivity contribution in [2.24, 2.45) is 0 Å². The summed E-state index contributed by atoms with van der Waals surface area (Å²) in [6.07, 6.45) is 0. The molecule has 0 fully saturated rings. The second-order valence-corrected chi connectivity index (χ2v) is 5.22. The molecule has 0 aliphatic heterocycles. The second kappa shape index (κ2) is 4.74. The van der Waals surface area contributed by atoms with Gasteiger partial charge in [-0.1, -0.05) is 36.4 Å². The molecule has 0 aliphatic rings. The van der Waals surface area contributed by atoms with E-state index in [4.69, 9.17) is 0 Å². The first-order valence-electron chi connectivity index (χ1n) is 7.04. The molecule has 0 radical (unpaired) electrons. The number of nitrogens with zero attached hydrogens (tertiary/aromatic N) is 1. The molecule has 0 bridgehead atoms. The van der Waals surface area contributed by atoms with Crippen LogP contribution < -0.4 is 0 Å². The number of hydrogen-bond acceptors (Lipinski definition) is 3. The average Bonchev–Trinajstić information content (AvgIpc) is 2.53. The van der Waals surface area contributed by atoms with E-state index in [9.17, 15) is 10.2 Å². The second-order valence-electron chi connectivity index (χ2n) is 5.22. The van der Waals surface area contributed by atoms with E-state index in [2.05, 4.69) is 4.98 Å². The first-order valence-corrected chi connectivity index (χ1v) is 7.04. The van der Waals surface area contributed by atoms with Crippen LogP contribution in [0.1, 0.15) is 0 Å². The van der Waals surface area contributed by atoms with E-state index in [1.165, 1.54) is 6.07 Å². The summed E-state index contributed by atoms with van der Waals surface area (Å²) in [5, 5.41) is 21.8. The molecular weight excluding hydrogens is 274 g/mol. The van der Waals surface area contributed by atoms with Crippen LogP contribution in [0.15, 0.2) is 66.7 Å². The molecule has 0 amide bonds. The monoisotopic (exact) mass is 287 g/mol. The third-order valence-corrected chi connectivity index (χ3v) is 3.84. The first-order chi connectivity index (χ1) is 10.7. The number of aromatic hydroxyl groups is 2. The summed E-state index contributed by atoms with van der Waals surface area (Å²) in [7, 11) is 0. The maximum absolute atomic E-state index is 10.3. The van der Waals surface area contributed by atoms with Crippen molar-refractivity contribution >= 4 is 21.8 Å². The summed E-state index contributed by atoms with van der Waals surface area (Å²) in [5.74, 6) is 0.102. The lowest BCUT2D eigenvalue weighted by atomic mass is 9.95. The molecule has 0 atom stereocenters. The van der Waals surface area contributed by atoms with E-state index in [1.54, 1.807) is 12.1 Å². The average molecular weight is 287 g/mol. The minimum atomic E-state index is 0.0453. The van der Waals surface area contributed by atoms with Gasteiger partial charge in [0.2, 0.25) is 0 Å². The number of benzene rings is 3. The predicted octanol–water partition coefficient (Wildman–Crippen LogP) is 4.47. The predicted molar refractivity (Wildman–Crippen MR) is 88.0 cm³/mol. The molecule has 2 N–H and O–H groups in total. The van der Waals surface area contributed by atoms with Crippen LogP contribution in [-0.2, 0) is 0 Å². The number of phenolic OH excluding ortho intramolecular Hbond substituents is 2. The molecule has 4 aromatic rings. The van der Waals surface area contributed by atoms with Gasteiger partial charge in [-0.2, -0.15) is 0 Å². The summed E-state index contributed by atoms with van der Waals surface area (Å²) < 4.78 is 0. The molecular formula is C19H13NO2. The number of para-hydroxylation sites is 2. The Balaban J connectivity index is 2.21. The Labute approximate surface area is 127 Å². The minimum absolute atomic E-state index is 0.0453. The zero-order valence-electron chi connectivity index (χ0n) is 11.7. The van der Waals surface area contributed by atoms with Crippen LogP contribution in [0.4, 0.5) is 0 Å². The fourth-order valence-corrected chi connectivity index (χ4v) is 2.86. The Kier molecular flexibility index (Phi) is 2.73. The maximum atomic E-state index is 10.3. The van der Waals surface area contributed by atoms with Crippen molar-refractivity contribution in [2.45, 2.75) is 0 Å². The zero-order chi connectivity index (χ0) is 15.1. The molecule has 0 unspecified atom stereocenters. The highest BCUT2D eigenvalue weighted by molar-refractivity contribution is 6.10. The van der Waals surface area contributed by atoms with Gasteiger partial charge in [0.15, 0.2) is 0 Å². The highest BCUT2D eigenvalue weighted by Gasteiger charge is 2.14. The lowest BCUT2D eigenvalue weighted by Crippen LogP contribution is -1.89. The van der Waals surface area contributed by atoms with E-state index in [0.717, 1.165) is 27.4 Å². The van der Waals surface area contributed by atoms with Crippen LogP contribution >= 0.6 is 0 Å². The molecule has 1 heterocycles. The number of phenols is 2. The number of fused-ring (bicyclic) bond motifs is 2. The first kappa shape index (κ1) is 12.7. The number of pyridine rings is 1. The van der Waals surface area contributed by atoms with Crippen LogP contribution in [-0.4, -0.2) is 15.2 Å². The molecule has 0 aliphatic carbocycles. The summed E-state index contributed by atoms with van der Waals surface area (Å²) >= 11 is 0. The molecule has 106 valence electrons. The van der Waals surface area contributed by atoms with Crippen LogP contribution in [0.25, 0.3) is 32.9 Å². The normalized spacial score (nSPS) is 11.1. The van der Waals surface area contributed by atoms with E-state index in [-0.39, 0.29) is 11.5 Å². The van der Waals surface area contributed by atoms with Gasteiger partial charge in [0, 0.05) is 28.0 Å². The summed E-state index contributed by atoms with van der Waals surface area (Å²) in [6.45, 7) is 0. The van der Waals surface area contributed by atoms with Crippen molar-refractivity contribution in [1.29, 1.82) is 0 Å². The lowest BCUT2D eigenvalue weighted by molar-refractivity contribution is 0.452. The van der Waals surface area contributed by atoms with E-state index in [0.29, 0.717) is 5.56 Å². The molecule has 4 rings (SSSR count). The van der Waals surface area contributed by atoms with Crippen molar-refractivity contribution in [3.8, 4) is 22.6 Å². The molecule has 0 spiro atoms. The standard InChI is InChI=1S/C19H13NO2/c21-12-9-10-15(18(22)11-12)19-13-5-1-3-7-16(13)20-17-8-4-2-6-14(17)19/h1-11,21-22H. The quantitative estimate of drug-likeness (QED) is 0.508. The van der Waals surface area contributed by atoms with Gasteiger partial charge in [0.05, 0.1) is 11.0 Å². The van der Waals surface area contributed by atoms with Gasteiger partial charge >= 0.3 is 0 Å². The van der Waals surface area contributed by atoms with Gasteiger partial charge in [-0.15, -0.1) is 0 Å². The van der Waals surface area contributed by atoms with Crippen molar-refractivity contribution in [2.75, 3.05) is 0 Å². The summed E-state index contributed by atoms with van der Waals surface area (Å²) in [6, 6.07) is 20.4. The van der Waals surface area contributed by atoms with Crippen LogP contribution in [0.2, 0.25) is 0 Å². The van der Waals surface area contributed by atoms with Crippen LogP contribution in [0.3, 0.4) is 0 Å². The maximum Gasteiger partial charge on any atom is 0.127 e. The Bertz CT molecular complexity index is 955. The fourth-order valence-electron chi connectivity index (χ4n) is 2.86. The molecule has 0 saturated heterocycles. The Morgan fingerprint density at radius 2 is 1.27 bits per heavy atom. The lowest BCUT2D eigenvalue weighted by Gasteiger charge is -2.12. The van der Waals surface area contributed by atoms with Crippen LogP contribution in [0, 0.1) is 0 Å². The number of hydrogen-bond donors (Lipinski definition) is 2. The molecule has 0 saturated carbocycles. The molecule has 3 nitrogen and oxygen atoms in total. The Hall–Kier alpha value is -3.07. The Morgan fingerprint density at radius 3 is 1.86 bits per heavy atom. The van der Waals surface area contributed by atoms with Crippen molar-refractivity contribution in [1.82, 2.24) is 4.98 Å². The number of aromatic nitrogens is 1. The largest absolute Gasteiger partial charge is 0.508 e.